The van der Waals surface area contributed by atoms with Crippen LogP contribution >= 0.6 is 0 Å². The predicted molar refractivity (Wildman–Crippen MR) is 54.9 cm³/mol. The van der Waals surface area contributed by atoms with Gasteiger partial charge in [0, 0.05) is 15.5 Å². The van der Waals surface area contributed by atoms with Gasteiger partial charge in [-0.15, -0.1) is 4.31 Å². The van der Waals surface area contributed by atoms with Crippen LogP contribution in [0, 0.1) is 0 Å². The third kappa shape index (κ3) is 2.84. The lowest BCUT2D eigenvalue weighted by Crippen LogP contribution is -2.52. The molecule has 1 fully saturated rings. The highest BCUT2D eigenvalue weighted by molar-refractivity contribution is 7.90. The number of hydrogen-bond donors (Lipinski definition) is 0. The Morgan fingerprint density at radius 3 is 2.85 bits per heavy atom. The molecule has 0 aromatic rings. The first-order valence-electron chi connectivity index (χ1n) is 5.90. The fourth-order valence-electron chi connectivity index (χ4n) is 1.14. The molecule has 0 radical (unpaired) electrons. The average Bonchev–Trinajstić information content (AvgIpc) is 2.14. The van der Waals surface area contributed by atoms with E-state index < -0.39 is 29.0 Å². The highest BCUT2D eigenvalue weighted by atomic mass is 32.2. The Balaban J connectivity index is 2.83. The quantitative estimate of drug-likeness (QED) is 0.607. The van der Waals surface area contributed by atoms with Crippen LogP contribution in [-0.4, -0.2) is 39.4 Å². The third-order valence-electron chi connectivity index (χ3n) is 1.82. The molecule has 0 bridgehead atoms. The van der Waals surface area contributed by atoms with Gasteiger partial charge in [-0.1, -0.05) is 0 Å². The molecule has 0 aliphatic carbocycles. The summed E-state index contributed by atoms with van der Waals surface area (Å²) in [5, 5.41) is 0. The summed E-state index contributed by atoms with van der Waals surface area (Å²) in [5.74, 6) is 0. The molecule has 13 heavy (non-hydrogen) atoms. The van der Waals surface area contributed by atoms with Crippen LogP contribution in [-0.2, 0) is 16.1 Å². The van der Waals surface area contributed by atoms with Crippen LogP contribution in [0.1, 0.15) is 31.7 Å². The van der Waals surface area contributed by atoms with Gasteiger partial charge in [0.25, 0.3) is 0 Å². The Hall–Kier alpha value is 0.230. The normalized spacial score (nSPS) is 33.2. The van der Waals surface area contributed by atoms with Crippen molar-refractivity contribution in [2.75, 3.05) is 19.8 Å². The molecule has 1 rings (SSSR count). The Morgan fingerprint density at radius 1 is 1.62 bits per heavy atom. The van der Waals surface area contributed by atoms with E-state index >= 15 is 0 Å². The lowest BCUT2D eigenvalue weighted by molar-refractivity contribution is 0.0383. The highest BCUT2D eigenvalue weighted by Crippen LogP contribution is 2.23. The molecule has 0 spiro atoms. The summed E-state index contributed by atoms with van der Waals surface area (Å²) < 4.78 is 40.8. The van der Waals surface area contributed by atoms with Crippen molar-refractivity contribution in [2.24, 2.45) is 0 Å². The van der Waals surface area contributed by atoms with Gasteiger partial charge in [-0.3, -0.25) is 0 Å². The lowest BCUT2D eigenvalue weighted by Gasteiger charge is -2.38. The summed E-state index contributed by atoms with van der Waals surface area (Å²) >= 11 is -1.31. The summed E-state index contributed by atoms with van der Waals surface area (Å²) in [7, 11) is 0. The number of nitrogens with zero attached hydrogens (tertiary/aromatic N) is 1. The number of ether oxygens (including phenoxy) is 1. The van der Waals surface area contributed by atoms with Crippen molar-refractivity contribution in [3.8, 4) is 0 Å². The topological polar surface area (TPSA) is 35.5 Å². The Morgan fingerprint density at radius 2 is 2.31 bits per heavy atom. The van der Waals surface area contributed by atoms with Gasteiger partial charge >= 0.3 is 0 Å². The van der Waals surface area contributed by atoms with Crippen LogP contribution in [0.4, 0.5) is 0 Å². The molecule has 0 aromatic carbocycles. The Kier molecular flexibility index (Phi) is 2.41. The van der Waals surface area contributed by atoms with Crippen molar-refractivity contribution in [1.82, 2.24) is 4.31 Å². The molecule has 2 atom stereocenters. The summed E-state index contributed by atoms with van der Waals surface area (Å²) in [4.78, 5) is 0. The maximum atomic E-state index is 12.2. The van der Waals surface area contributed by atoms with Crippen molar-refractivity contribution < 1.29 is 13.4 Å². The molecule has 0 amide bonds. The van der Waals surface area contributed by atoms with E-state index in [-0.39, 0.29) is 6.61 Å². The first kappa shape index (κ1) is 7.51. The minimum absolute atomic E-state index is 0.123. The second-order valence-electron chi connectivity index (χ2n) is 4.09. The van der Waals surface area contributed by atoms with Crippen LogP contribution in [0.2, 0.25) is 0 Å². The van der Waals surface area contributed by atoms with Crippen LogP contribution < -0.4 is 0 Å². The number of hydrogen-bond acceptors (Lipinski definition) is 3. The smallest absolute Gasteiger partial charge is 0.137 e. The molecule has 1 heterocycles. The van der Waals surface area contributed by atoms with Gasteiger partial charge in [-0.2, -0.15) is 0 Å². The Bertz CT molecular complexity index is 242. The summed E-state index contributed by atoms with van der Waals surface area (Å²) in [6, 6.07) is -0.763. The van der Waals surface area contributed by atoms with Crippen LogP contribution in [0.3, 0.4) is 0 Å². The Labute approximate surface area is 88.0 Å². The molecule has 1 aliphatic heterocycles. The summed E-state index contributed by atoms with van der Waals surface area (Å²) in [6.45, 7) is 4.35. The van der Waals surface area contributed by atoms with E-state index in [1.807, 2.05) is 20.8 Å². The molecule has 0 aromatic heterocycles. The van der Waals surface area contributed by atoms with Gasteiger partial charge < -0.3 is 9.29 Å². The first-order chi connectivity index (χ1) is 7.14. The SMILES string of the molecule is [2H]C([2H])([2H])C1COCCN1[S@+]([O-])C(C)(C)C. The molecular weight excluding hydrogens is 186 g/mol. The van der Waals surface area contributed by atoms with Gasteiger partial charge in [0.05, 0.1) is 25.8 Å². The first-order valence-corrected chi connectivity index (χ1v) is 5.51. The zero-order chi connectivity index (χ0) is 12.6. The maximum absolute atomic E-state index is 12.2. The van der Waals surface area contributed by atoms with Crippen molar-refractivity contribution in [3.05, 3.63) is 0 Å². The fraction of sp³-hybridized carbons (Fsp3) is 1.00. The average molecular weight is 208 g/mol. The van der Waals surface area contributed by atoms with E-state index in [1.54, 1.807) is 4.31 Å². The zero-order valence-corrected chi connectivity index (χ0v) is 9.19. The predicted octanol–water partition coefficient (Wildman–Crippen LogP) is 1.17. The van der Waals surface area contributed by atoms with Gasteiger partial charge in [0.2, 0.25) is 0 Å². The fourth-order valence-corrected chi connectivity index (χ4v) is 2.37. The summed E-state index contributed by atoms with van der Waals surface area (Å²) in [6.07, 6.45) is 0. The molecule has 0 N–H and O–H groups in total. The highest BCUT2D eigenvalue weighted by Gasteiger charge is 2.37. The molecule has 1 saturated heterocycles. The molecule has 78 valence electrons. The number of morpholine rings is 1. The largest absolute Gasteiger partial charge is 0.597 e. The van der Waals surface area contributed by atoms with Crippen molar-refractivity contribution in [2.45, 2.75) is 38.4 Å². The minimum Gasteiger partial charge on any atom is -0.597 e. The molecule has 4 heteroatoms. The molecule has 0 saturated carbocycles. The van der Waals surface area contributed by atoms with E-state index in [2.05, 4.69) is 0 Å². The minimum atomic E-state index is -2.15. The number of rotatable bonds is 1. The van der Waals surface area contributed by atoms with Gasteiger partial charge in [0.1, 0.15) is 4.75 Å². The maximum Gasteiger partial charge on any atom is 0.137 e. The van der Waals surface area contributed by atoms with E-state index in [1.165, 1.54) is 0 Å². The second kappa shape index (κ2) is 4.17. The molecule has 1 unspecified atom stereocenters. The van der Waals surface area contributed by atoms with E-state index in [9.17, 15) is 4.55 Å². The van der Waals surface area contributed by atoms with Gasteiger partial charge in [-0.25, -0.2) is 0 Å². The van der Waals surface area contributed by atoms with Gasteiger partial charge in [0.15, 0.2) is 0 Å². The van der Waals surface area contributed by atoms with Crippen LogP contribution in [0.15, 0.2) is 0 Å². The monoisotopic (exact) mass is 208 g/mol. The van der Waals surface area contributed by atoms with Crippen molar-refractivity contribution in [1.29, 1.82) is 0 Å². The van der Waals surface area contributed by atoms with Crippen molar-refractivity contribution in [3.63, 3.8) is 0 Å². The van der Waals surface area contributed by atoms with E-state index in [0.717, 1.165) is 0 Å². The van der Waals surface area contributed by atoms with E-state index in [4.69, 9.17) is 8.85 Å². The second-order valence-corrected chi connectivity index (χ2v) is 6.29. The van der Waals surface area contributed by atoms with Crippen LogP contribution in [0.5, 0.6) is 0 Å². The molecular formula is C9H19NO2S. The molecule has 1 aliphatic rings. The third-order valence-corrected chi connectivity index (χ3v) is 3.73. The molecule has 3 nitrogen and oxygen atoms in total. The van der Waals surface area contributed by atoms with Crippen LogP contribution in [0.25, 0.3) is 0 Å². The standard InChI is InChI=1S/C9H19NO2S/c1-8-7-12-6-5-10(8)13(11)9(2,3)4/h8H,5-7H2,1-4H3/t8?,13-/m1/s1/i1D3. The van der Waals surface area contributed by atoms with E-state index in [0.29, 0.717) is 13.2 Å². The lowest BCUT2D eigenvalue weighted by atomic mass is 10.3. The van der Waals surface area contributed by atoms with Crippen molar-refractivity contribution >= 4 is 11.4 Å². The summed E-state index contributed by atoms with van der Waals surface area (Å²) in [5.41, 5.74) is 0. The van der Waals surface area contributed by atoms with Gasteiger partial charge in [-0.05, 0) is 27.6 Å². The zero-order valence-electron chi connectivity index (χ0n) is 11.4.